The number of carbonyl (C=O) groups excluding carboxylic acids is 3. The molecule has 1 saturated heterocycles. The number of sulfonamides is 1. The van der Waals surface area contributed by atoms with Crippen LogP contribution in [0, 0.1) is 11.8 Å². The van der Waals surface area contributed by atoms with Gasteiger partial charge in [-0.1, -0.05) is 19.1 Å². The molecule has 4 amide bonds. The van der Waals surface area contributed by atoms with Crippen molar-refractivity contribution < 1.29 is 42.5 Å². The van der Waals surface area contributed by atoms with Crippen molar-refractivity contribution in [3.63, 3.8) is 0 Å². The zero-order chi connectivity index (χ0) is 29.1. The minimum Gasteiger partial charge on any atom is -0.465 e. The average Bonchev–Trinajstić information content (AvgIpc) is 3.77. The standard InChI is InChI=1S/C25H38N4O9S/c1-5-9-38-15(4)10-14(3)20(26-24(34)35)22(32)29-13-17(30)11-19(29)21(31)27-25(12-16(25)6-2)23(33)28-39(36,37)18-7-8-18/h5-6,14-20,26,30H,1-2,7-13H2,3-4H3,(H,27,31)(H,28,33)(H,34,35)/t14-,15+,16-,17-,19+,20+,25-/m1/s1. The van der Waals surface area contributed by atoms with Crippen molar-refractivity contribution in [3.05, 3.63) is 25.3 Å². The van der Waals surface area contributed by atoms with E-state index in [0.29, 0.717) is 19.3 Å². The molecule has 13 nitrogen and oxygen atoms in total. The first kappa shape index (κ1) is 30.6. The van der Waals surface area contributed by atoms with Gasteiger partial charge in [-0.25, -0.2) is 13.2 Å². The molecule has 5 N–H and O–H groups in total. The number of carbonyl (C=O) groups is 4. The lowest BCUT2D eigenvalue weighted by Crippen LogP contribution is -2.59. The van der Waals surface area contributed by atoms with Crippen molar-refractivity contribution in [1.82, 2.24) is 20.3 Å². The van der Waals surface area contributed by atoms with Crippen LogP contribution in [0.25, 0.3) is 0 Å². The minimum absolute atomic E-state index is 0.125. The Balaban J connectivity index is 1.76. The first-order valence-electron chi connectivity index (χ1n) is 13.0. The van der Waals surface area contributed by atoms with E-state index < -0.39 is 74.7 Å². The SMILES string of the molecule is C=CCO[C@@H](C)C[C@@H](C)[C@H](NC(=O)O)C(=O)N1C[C@H](O)C[C@H]1C(=O)N[C@]1(C(=O)NS(=O)(=O)C2CC2)C[C@H]1C=C. The summed E-state index contributed by atoms with van der Waals surface area (Å²) in [7, 11) is -3.87. The maximum Gasteiger partial charge on any atom is 0.405 e. The Kier molecular flexibility index (Phi) is 9.44. The van der Waals surface area contributed by atoms with Gasteiger partial charge in [0.1, 0.15) is 17.6 Å². The van der Waals surface area contributed by atoms with Gasteiger partial charge in [0.25, 0.3) is 5.91 Å². The van der Waals surface area contributed by atoms with Crippen LogP contribution in [0.2, 0.25) is 0 Å². The Morgan fingerprint density at radius 1 is 1.21 bits per heavy atom. The molecule has 3 aliphatic rings. The van der Waals surface area contributed by atoms with Crippen LogP contribution >= 0.6 is 0 Å². The highest BCUT2D eigenvalue weighted by molar-refractivity contribution is 7.91. The van der Waals surface area contributed by atoms with Gasteiger partial charge in [-0.15, -0.1) is 13.2 Å². The average molecular weight is 571 g/mol. The second kappa shape index (κ2) is 12.0. The number of likely N-dealkylation sites (tertiary alicyclic amines) is 1. The molecule has 0 aromatic rings. The summed E-state index contributed by atoms with van der Waals surface area (Å²) in [4.78, 5) is 52.6. The lowest BCUT2D eigenvalue weighted by atomic mass is 9.94. The Morgan fingerprint density at radius 2 is 1.87 bits per heavy atom. The van der Waals surface area contributed by atoms with Crippen LogP contribution in [-0.2, 0) is 29.1 Å². The fourth-order valence-electron chi connectivity index (χ4n) is 5.04. The smallest absolute Gasteiger partial charge is 0.405 e. The monoisotopic (exact) mass is 570 g/mol. The van der Waals surface area contributed by atoms with Crippen molar-refractivity contribution in [3.8, 4) is 0 Å². The van der Waals surface area contributed by atoms with Gasteiger partial charge in [0.15, 0.2) is 0 Å². The number of aliphatic hydroxyl groups excluding tert-OH is 1. The molecule has 0 aromatic carbocycles. The van der Waals surface area contributed by atoms with Gasteiger partial charge in [0, 0.05) is 18.9 Å². The van der Waals surface area contributed by atoms with E-state index in [1.54, 1.807) is 19.9 Å². The van der Waals surface area contributed by atoms with Crippen LogP contribution < -0.4 is 15.4 Å². The number of aliphatic hydroxyl groups is 1. The summed E-state index contributed by atoms with van der Waals surface area (Å²) in [6, 6.07) is -2.44. The molecule has 0 aromatic heterocycles. The number of hydrogen-bond acceptors (Lipinski definition) is 8. The van der Waals surface area contributed by atoms with Gasteiger partial charge < -0.3 is 30.5 Å². The third kappa shape index (κ3) is 7.17. The molecule has 0 radical (unpaired) electrons. The molecule has 2 aliphatic carbocycles. The first-order valence-corrected chi connectivity index (χ1v) is 14.5. The molecule has 218 valence electrons. The number of carboxylic acid groups (broad SMARTS) is 1. The molecular weight excluding hydrogens is 532 g/mol. The highest BCUT2D eigenvalue weighted by Gasteiger charge is 2.62. The van der Waals surface area contributed by atoms with Crippen LogP contribution in [0.5, 0.6) is 0 Å². The normalized spacial score (nSPS) is 28.5. The van der Waals surface area contributed by atoms with Crippen molar-refractivity contribution >= 4 is 33.8 Å². The molecule has 3 fully saturated rings. The molecular formula is C25H38N4O9S. The van der Waals surface area contributed by atoms with Crippen molar-refractivity contribution in [2.24, 2.45) is 11.8 Å². The lowest BCUT2D eigenvalue weighted by Gasteiger charge is -2.32. The van der Waals surface area contributed by atoms with E-state index in [4.69, 9.17) is 4.74 Å². The van der Waals surface area contributed by atoms with Crippen molar-refractivity contribution in [2.45, 2.75) is 81.0 Å². The predicted octanol–water partition coefficient (Wildman–Crippen LogP) is -0.129. The second-order valence-electron chi connectivity index (χ2n) is 10.7. The van der Waals surface area contributed by atoms with Crippen LogP contribution in [-0.4, -0.2) is 95.6 Å². The molecule has 14 heteroatoms. The Morgan fingerprint density at radius 3 is 2.41 bits per heavy atom. The van der Waals surface area contributed by atoms with E-state index in [1.165, 1.54) is 6.08 Å². The van der Waals surface area contributed by atoms with Gasteiger partial charge >= 0.3 is 6.09 Å². The van der Waals surface area contributed by atoms with Crippen molar-refractivity contribution in [1.29, 1.82) is 0 Å². The predicted molar refractivity (Wildman–Crippen MR) is 140 cm³/mol. The number of ether oxygens (including phenoxy) is 1. The highest BCUT2D eigenvalue weighted by atomic mass is 32.2. The topological polar surface area (TPSA) is 191 Å². The summed E-state index contributed by atoms with van der Waals surface area (Å²) in [6.45, 7) is 10.7. The summed E-state index contributed by atoms with van der Waals surface area (Å²) < 4.78 is 32.3. The molecule has 1 aliphatic heterocycles. The third-order valence-electron chi connectivity index (χ3n) is 7.43. The maximum atomic E-state index is 13.6. The van der Waals surface area contributed by atoms with E-state index in [0.717, 1.165) is 4.90 Å². The largest absolute Gasteiger partial charge is 0.465 e. The second-order valence-corrected chi connectivity index (χ2v) is 12.6. The van der Waals surface area contributed by atoms with Crippen LogP contribution in [0.3, 0.4) is 0 Å². The van der Waals surface area contributed by atoms with Gasteiger partial charge in [-0.3, -0.25) is 19.1 Å². The Hall–Kier alpha value is -2.97. The van der Waals surface area contributed by atoms with E-state index in [2.05, 4.69) is 28.5 Å². The molecule has 2 saturated carbocycles. The van der Waals surface area contributed by atoms with E-state index in [1.807, 2.05) is 0 Å². The summed E-state index contributed by atoms with van der Waals surface area (Å²) >= 11 is 0. The van der Waals surface area contributed by atoms with Crippen molar-refractivity contribution in [2.75, 3.05) is 13.2 Å². The van der Waals surface area contributed by atoms with E-state index >= 15 is 0 Å². The van der Waals surface area contributed by atoms with Gasteiger partial charge in [-0.2, -0.15) is 0 Å². The minimum atomic E-state index is -3.87. The van der Waals surface area contributed by atoms with E-state index in [-0.39, 0.29) is 32.1 Å². The number of hydrogen-bond donors (Lipinski definition) is 5. The number of β-amino-alcohol motifs (C(OH)–C–C–N with tert-alkyl or cyclic N) is 1. The molecule has 0 bridgehead atoms. The molecule has 39 heavy (non-hydrogen) atoms. The Bertz CT molecular complexity index is 1110. The number of nitrogens with zero attached hydrogens (tertiary/aromatic N) is 1. The molecule has 1 heterocycles. The van der Waals surface area contributed by atoms with Gasteiger partial charge in [-0.05, 0) is 38.5 Å². The first-order chi connectivity index (χ1) is 18.3. The molecule has 7 atom stereocenters. The molecule has 3 rings (SSSR count). The number of rotatable bonds is 14. The fourth-order valence-corrected chi connectivity index (χ4v) is 6.41. The third-order valence-corrected chi connectivity index (χ3v) is 9.25. The summed E-state index contributed by atoms with van der Waals surface area (Å²) in [6.07, 6.45) is 1.41. The molecule has 0 spiro atoms. The van der Waals surface area contributed by atoms with Gasteiger partial charge in [0.2, 0.25) is 21.8 Å². The zero-order valence-corrected chi connectivity index (χ0v) is 23.0. The maximum absolute atomic E-state index is 13.6. The van der Waals surface area contributed by atoms with Crippen LogP contribution in [0.15, 0.2) is 25.3 Å². The summed E-state index contributed by atoms with van der Waals surface area (Å²) in [5, 5.41) is 23.9. The zero-order valence-electron chi connectivity index (χ0n) is 22.2. The lowest BCUT2D eigenvalue weighted by molar-refractivity contribution is -0.142. The fraction of sp³-hybridized carbons (Fsp3) is 0.680. The Labute approximate surface area is 228 Å². The number of amides is 4. The summed E-state index contributed by atoms with van der Waals surface area (Å²) in [5.41, 5.74) is -1.55. The molecule has 0 unspecified atom stereocenters. The number of nitrogens with one attached hydrogen (secondary N) is 3. The quantitative estimate of drug-likeness (QED) is 0.177. The van der Waals surface area contributed by atoms with Gasteiger partial charge in [0.05, 0.1) is 24.1 Å². The summed E-state index contributed by atoms with van der Waals surface area (Å²) in [5.74, 6) is -3.40. The highest BCUT2D eigenvalue weighted by Crippen LogP contribution is 2.45. The van der Waals surface area contributed by atoms with Crippen LogP contribution in [0.1, 0.15) is 46.0 Å². The van der Waals surface area contributed by atoms with E-state index in [9.17, 15) is 37.8 Å². The van der Waals surface area contributed by atoms with Crippen LogP contribution in [0.4, 0.5) is 4.79 Å².